The van der Waals surface area contributed by atoms with Crippen molar-refractivity contribution in [3.8, 4) is 0 Å². The molecular formula is C10H8ClF3N2S. The normalized spacial score (nSPS) is 12.2. The van der Waals surface area contributed by atoms with Gasteiger partial charge in [-0.1, -0.05) is 11.6 Å². The summed E-state index contributed by atoms with van der Waals surface area (Å²) in [6, 6.07) is 5.21. The molecule has 0 atom stereocenters. The van der Waals surface area contributed by atoms with E-state index in [-0.39, 0.29) is 6.54 Å². The van der Waals surface area contributed by atoms with E-state index in [4.69, 9.17) is 11.6 Å². The number of hydrogen-bond donors (Lipinski definition) is 1. The van der Waals surface area contributed by atoms with Gasteiger partial charge in [-0.05, 0) is 18.2 Å². The second-order valence-corrected chi connectivity index (χ2v) is 4.99. The van der Waals surface area contributed by atoms with Gasteiger partial charge >= 0.3 is 6.18 Å². The number of aromatic nitrogens is 1. The number of rotatable bonds is 3. The van der Waals surface area contributed by atoms with Crippen LogP contribution >= 0.6 is 22.9 Å². The lowest BCUT2D eigenvalue weighted by molar-refractivity contribution is -0.125. The lowest BCUT2D eigenvalue weighted by Crippen LogP contribution is -2.28. The second-order valence-electron chi connectivity index (χ2n) is 3.44. The fourth-order valence-corrected chi connectivity index (χ4v) is 2.55. The molecule has 0 radical (unpaired) electrons. The van der Waals surface area contributed by atoms with Crippen molar-refractivity contribution in [1.82, 2.24) is 10.3 Å². The van der Waals surface area contributed by atoms with E-state index in [1.165, 1.54) is 11.3 Å². The Morgan fingerprint density at radius 1 is 1.35 bits per heavy atom. The summed E-state index contributed by atoms with van der Waals surface area (Å²) in [6.45, 7) is -0.903. The van der Waals surface area contributed by atoms with Crippen LogP contribution in [0.5, 0.6) is 0 Å². The second kappa shape index (κ2) is 4.80. The Hall–Kier alpha value is -0.850. The Labute approximate surface area is 104 Å². The van der Waals surface area contributed by atoms with Gasteiger partial charge in [0.1, 0.15) is 5.01 Å². The number of hydrogen-bond acceptors (Lipinski definition) is 3. The van der Waals surface area contributed by atoms with Crippen LogP contribution in [0.3, 0.4) is 0 Å². The van der Waals surface area contributed by atoms with Gasteiger partial charge in [-0.2, -0.15) is 13.2 Å². The molecular weight excluding hydrogens is 273 g/mol. The van der Waals surface area contributed by atoms with E-state index in [9.17, 15) is 13.2 Å². The lowest BCUT2D eigenvalue weighted by atomic mass is 10.3. The third-order valence-corrected chi connectivity index (χ3v) is 3.25. The van der Waals surface area contributed by atoms with Gasteiger partial charge in [0.2, 0.25) is 0 Å². The highest BCUT2D eigenvalue weighted by atomic mass is 35.5. The van der Waals surface area contributed by atoms with E-state index < -0.39 is 12.7 Å². The maximum atomic E-state index is 11.9. The molecule has 92 valence electrons. The monoisotopic (exact) mass is 280 g/mol. The molecule has 1 heterocycles. The van der Waals surface area contributed by atoms with Gasteiger partial charge in [-0.25, -0.2) is 4.98 Å². The first-order valence-electron chi connectivity index (χ1n) is 4.76. The fourth-order valence-electron chi connectivity index (χ4n) is 1.33. The maximum absolute atomic E-state index is 11.9. The summed E-state index contributed by atoms with van der Waals surface area (Å²) in [6.07, 6.45) is -4.19. The Bertz CT molecular complexity index is 524. The zero-order chi connectivity index (χ0) is 12.5. The summed E-state index contributed by atoms with van der Waals surface area (Å²) in [5, 5.41) is 3.52. The molecule has 0 spiro atoms. The minimum absolute atomic E-state index is 0.108. The molecule has 0 saturated carbocycles. The molecule has 1 N–H and O–H groups in total. The topological polar surface area (TPSA) is 24.9 Å². The molecule has 1 aromatic carbocycles. The first kappa shape index (κ1) is 12.6. The number of benzene rings is 1. The van der Waals surface area contributed by atoms with Gasteiger partial charge in [0.15, 0.2) is 0 Å². The van der Waals surface area contributed by atoms with Crippen LogP contribution in [-0.4, -0.2) is 17.7 Å². The predicted octanol–water partition coefficient (Wildman–Crippen LogP) is 3.60. The molecule has 7 heteroatoms. The summed E-state index contributed by atoms with van der Waals surface area (Å²) in [5.41, 5.74) is 0.753. The zero-order valence-corrected chi connectivity index (χ0v) is 10.1. The number of halogens is 4. The summed E-state index contributed by atoms with van der Waals surface area (Å²) in [5.74, 6) is 0. The average Bonchev–Trinajstić information content (AvgIpc) is 2.57. The SMILES string of the molecule is FC(F)(F)CNCc1nc2ccc(Cl)cc2s1. The van der Waals surface area contributed by atoms with Crippen LogP contribution in [0.1, 0.15) is 5.01 Å². The Morgan fingerprint density at radius 2 is 2.12 bits per heavy atom. The van der Waals surface area contributed by atoms with Crippen molar-refractivity contribution in [2.45, 2.75) is 12.7 Å². The van der Waals surface area contributed by atoms with Gasteiger partial charge < -0.3 is 5.32 Å². The van der Waals surface area contributed by atoms with E-state index >= 15 is 0 Å². The number of thiazole rings is 1. The van der Waals surface area contributed by atoms with Gasteiger partial charge in [0.05, 0.1) is 16.8 Å². The smallest absolute Gasteiger partial charge is 0.302 e. The molecule has 2 nitrogen and oxygen atoms in total. The molecule has 0 fully saturated rings. The number of alkyl halides is 3. The van der Waals surface area contributed by atoms with E-state index in [0.717, 1.165) is 10.2 Å². The maximum Gasteiger partial charge on any atom is 0.401 e. The van der Waals surface area contributed by atoms with E-state index in [1.54, 1.807) is 18.2 Å². The molecule has 0 unspecified atom stereocenters. The highest BCUT2D eigenvalue weighted by Crippen LogP contribution is 2.25. The zero-order valence-electron chi connectivity index (χ0n) is 8.51. The summed E-state index contributed by atoms with van der Waals surface area (Å²) in [7, 11) is 0. The Balaban J connectivity index is 2.05. The first-order chi connectivity index (χ1) is 7.94. The van der Waals surface area contributed by atoms with Gasteiger partial charge in [0, 0.05) is 11.6 Å². The molecule has 0 aliphatic carbocycles. The highest BCUT2D eigenvalue weighted by molar-refractivity contribution is 7.18. The largest absolute Gasteiger partial charge is 0.401 e. The third kappa shape index (κ3) is 3.55. The van der Waals surface area contributed by atoms with Gasteiger partial charge in [0.25, 0.3) is 0 Å². The number of fused-ring (bicyclic) bond motifs is 1. The van der Waals surface area contributed by atoms with Crippen LogP contribution in [0.15, 0.2) is 18.2 Å². The average molecular weight is 281 g/mol. The van der Waals surface area contributed by atoms with Crippen LogP contribution < -0.4 is 5.32 Å². The summed E-state index contributed by atoms with van der Waals surface area (Å²) >= 11 is 7.14. The highest BCUT2D eigenvalue weighted by Gasteiger charge is 2.26. The van der Waals surface area contributed by atoms with Crippen molar-refractivity contribution in [3.05, 3.63) is 28.2 Å². The van der Waals surface area contributed by atoms with E-state index in [0.29, 0.717) is 10.0 Å². The Kier molecular flexibility index (Phi) is 3.56. The minimum Gasteiger partial charge on any atom is -0.302 e. The summed E-state index contributed by atoms with van der Waals surface area (Å²) < 4.78 is 36.6. The van der Waals surface area contributed by atoms with Crippen LogP contribution in [0.2, 0.25) is 5.02 Å². The fraction of sp³-hybridized carbons (Fsp3) is 0.300. The van der Waals surface area contributed by atoms with Crippen molar-refractivity contribution < 1.29 is 13.2 Å². The van der Waals surface area contributed by atoms with Crippen molar-refractivity contribution in [3.63, 3.8) is 0 Å². The third-order valence-electron chi connectivity index (χ3n) is 2.00. The van der Waals surface area contributed by atoms with Crippen molar-refractivity contribution >= 4 is 33.2 Å². The molecule has 0 amide bonds. The standard InChI is InChI=1S/C10H8ClF3N2S/c11-6-1-2-7-8(3-6)17-9(16-7)4-15-5-10(12,13)14/h1-3,15H,4-5H2. The van der Waals surface area contributed by atoms with E-state index in [2.05, 4.69) is 10.3 Å². The van der Waals surface area contributed by atoms with Gasteiger partial charge in [-0.3, -0.25) is 0 Å². The van der Waals surface area contributed by atoms with Crippen LogP contribution in [0.25, 0.3) is 10.2 Å². The summed E-state index contributed by atoms with van der Waals surface area (Å²) in [4.78, 5) is 4.20. The molecule has 0 aliphatic rings. The van der Waals surface area contributed by atoms with Crippen LogP contribution in [0, 0.1) is 0 Å². The number of nitrogens with zero attached hydrogens (tertiary/aromatic N) is 1. The minimum atomic E-state index is -4.19. The van der Waals surface area contributed by atoms with Crippen molar-refractivity contribution in [1.29, 1.82) is 0 Å². The van der Waals surface area contributed by atoms with Crippen LogP contribution in [-0.2, 0) is 6.54 Å². The van der Waals surface area contributed by atoms with Gasteiger partial charge in [-0.15, -0.1) is 11.3 Å². The molecule has 0 saturated heterocycles. The molecule has 2 aromatic rings. The lowest BCUT2D eigenvalue weighted by Gasteiger charge is -2.05. The predicted molar refractivity (Wildman–Crippen MR) is 62.4 cm³/mol. The van der Waals surface area contributed by atoms with E-state index in [1.807, 2.05) is 0 Å². The molecule has 0 aliphatic heterocycles. The number of nitrogens with one attached hydrogen (secondary N) is 1. The quantitative estimate of drug-likeness (QED) is 0.929. The molecule has 17 heavy (non-hydrogen) atoms. The Morgan fingerprint density at radius 3 is 2.82 bits per heavy atom. The van der Waals surface area contributed by atoms with Crippen LogP contribution in [0.4, 0.5) is 13.2 Å². The molecule has 0 bridgehead atoms. The molecule has 1 aromatic heterocycles. The van der Waals surface area contributed by atoms with Crippen molar-refractivity contribution in [2.24, 2.45) is 0 Å². The van der Waals surface area contributed by atoms with Crippen molar-refractivity contribution in [2.75, 3.05) is 6.54 Å². The molecule has 2 rings (SSSR count). The first-order valence-corrected chi connectivity index (χ1v) is 5.96.